The van der Waals surface area contributed by atoms with Crippen LogP contribution in [0.3, 0.4) is 0 Å². The van der Waals surface area contributed by atoms with Crippen LogP contribution in [0.1, 0.15) is 13.3 Å². The van der Waals surface area contributed by atoms with E-state index in [1.165, 1.54) is 17.9 Å². The number of carbonyl (C=O) groups is 1. The van der Waals surface area contributed by atoms with Crippen LogP contribution in [0.4, 0.5) is 5.69 Å². The number of halogens is 1. The van der Waals surface area contributed by atoms with Crippen LogP contribution < -0.4 is 5.32 Å². The molecule has 2 rings (SSSR count). The quantitative estimate of drug-likeness (QED) is 0.866. The van der Waals surface area contributed by atoms with Crippen LogP contribution in [-0.4, -0.2) is 19.1 Å². The number of hydrogen-bond acceptors (Lipinski definition) is 3. The molecule has 0 bridgehead atoms. The monoisotopic (exact) mass is 321 g/mol. The predicted molar refractivity (Wildman–Crippen MR) is 81.4 cm³/mol. The minimum atomic E-state index is -0.204. The van der Waals surface area contributed by atoms with Gasteiger partial charge in [0.15, 0.2) is 0 Å². The van der Waals surface area contributed by atoms with E-state index in [2.05, 4.69) is 50.2 Å². The fraction of sp³-hybridized carbons (Fsp3) is 0.267. The Morgan fingerprint density at radius 2 is 1.95 bits per heavy atom. The number of esters is 1. The molecular formula is C15H16BrNO2. The zero-order valence-electron chi connectivity index (χ0n) is 10.9. The van der Waals surface area contributed by atoms with Gasteiger partial charge >= 0.3 is 5.97 Å². The van der Waals surface area contributed by atoms with Gasteiger partial charge in [0.25, 0.3) is 0 Å². The summed E-state index contributed by atoms with van der Waals surface area (Å²) in [5.74, 6) is -0.204. The molecule has 1 atom stereocenters. The van der Waals surface area contributed by atoms with Gasteiger partial charge in [-0.15, -0.1) is 0 Å². The van der Waals surface area contributed by atoms with Gasteiger partial charge < -0.3 is 10.1 Å². The van der Waals surface area contributed by atoms with Crippen molar-refractivity contribution in [3.05, 3.63) is 40.9 Å². The SMILES string of the molecule is COC(=O)CC(C)Nc1ccc2cc(Br)ccc2c1. The van der Waals surface area contributed by atoms with E-state index in [1.807, 2.05) is 19.1 Å². The summed E-state index contributed by atoms with van der Waals surface area (Å²) in [7, 11) is 1.41. The summed E-state index contributed by atoms with van der Waals surface area (Å²) in [5, 5.41) is 5.65. The van der Waals surface area contributed by atoms with Gasteiger partial charge in [-0.25, -0.2) is 0 Å². The number of nitrogens with one attached hydrogen (secondary N) is 1. The molecule has 1 unspecified atom stereocenters. The zero-order valence-corrected chi connectivity index (χ0v) is 12.5. The number of anilines is 1. The van der Waals surface area contributed by atoms with Crippen molar-refractivity contribution in [3.8, 4) is 0 Å². The Labute approximate surface area is 121 Å². The first kappa shape index (κ1) is 13.9. The van der Waals surface area contributed by atoms with Crippen molar-refractivity contribution in [1.82, 2.24) is 0 Å². The van der Waals surface area contributed by atoms with Crippen molar-refractivity contribution < 1.29 is 9.53 Å². The van der Waals surface area contributed by atoms with Crippen LogP contribution in [0.15, 0.2) is 40.9 Å². The zero-order chi connectivity index (χ0) is 13.8. The summed E-state index contributed by atoms with van der Waals surface area (Å²) in [6.45, 7) is 1.96. The topological polar surface area (TPSA) is 38.3 Å². The molecule has 1 N–H and O–H groups in total. The Bertz CT molecular complexity index is 598. The average molecular weight is 322 g/mol. The van der Waals surface area contributed by atoms with E-state index in [0.717, 1.165) is 10.2 Å². The van der Waals surface area contributed by atoms with Crippen molar-refractivity contribution in [1.29, 1.82) is 0 Å². The number of benzene rings is 2. The van der Waals surface area contributed by atoms with Crippen molar-refractivity contribution in [2.45, 2.75) is 19.4 Å². The summed E-state index contributed by atoms with van der Waals surface area (Å²) < 4.78 is 5.73. The molecule has 0 aliphatic rings. The Morgan fingerprint density at radius 3 is 2.68 bits per heavy atom. The lowest BCUT2D eigenvalue weighted by Gasteiger charge is -2.14. The predicted octanol–water partition coefficient (Wildman–Crippen LogP) is 3.97. The van der Waals surface area contributed by atoms with Crippen molar-refractivity contribution in [3.63, 3.8) is 0 Å². The normalized spacial score (nSPS) is 12.2. The van der Waals surface area contributed by atoms with Crippen molar-refractivity contribution in [2.24, 2.45) is 0 Å². The molecule has 0 fully saturated rings. The highest BCUT2D eigenvalue weighted by Gasteiger charge is 2.09. The van der Waals surface area contributed by atoms with Crippen molar-refractivity contribution >= 4 is 38.4 Å². The molecule has 0 amide bonds. The third-order valence-corrected chi connectivity index (χ3v) is 3.41. The molecule has 0 aliphatic heterocycles. The molecule has 2 aromatic carbocycles. The van der Waals surface area contributed by atoms with Gasteiger partial charge in [-0.2, -0.15) is 0 Å². The summed E-state index contributed by atoms with van der Waals surface area (Å²) in [6.07, 6.45) is 0.356. The molecular weight excluding hydrogens is 306 g/mol. The van der Waals surface area contributed by atoms with Crippen LogP contribution in [-0.2, 0) is 9.53 Å². The maximum absolute atomic E-state index is 11.2. The number of methoxy groups -OCH3 is 1. The third kappa shape index (κ3) is 3.70. The second-order valence-electron chi connectivity index (χ2n) is 4.53. The molecule has 0 saturated carbocycles. The second kappa shape index (κ2) is 6.06. The molecule has 0 heterocycles. The van der Waals surface area contributed by atoms with E-state index < -0.39 is 0 Å². The maximum Gasteiger partial charge on any atom is 0.307 e. The van der Waals surface area contributed by atoms with Gasteiger partial charge in [-0.05, 0) is 42.0 Å². The van der Waals surface area contributed by atoms with E-state index in [1.54, 1.807) is 0 Å². The number of hydrogen-bond donors (Lipinski definition) is 1. The van der Waals surface area contributed by atoms with Gasteiger partial charge in [-0.3, -0.25) is 4.79 Å². The van der Waals surface area contributed by atoms with E-state index in [9.17, 15) is 4.79 Å². The minimum absolute atomic E-state index is 0.0420. The maximum atomic E-state index is 11.2. The lowest BCUT2D eigenvalue weighted by atomic mass is 10.1. The summed E-state index contributed by atoms with van der Waals surface area (Å²) in [4.78, 5) is 11.2. The van der Waals surface area contributed by atoms with E-state index in [0.29, 0.717) is 6.42 Å². The molecule has 2 aromatic rings. The van der Waals surface area contributed by atoms with E-state index in [-0.39, 0.29) is 12.0 Å². The van der Waals surface area contributed by atoms with Gasteiger partial charge in [-0.1, -0.05) is 28.1 Å². The lowest BCUT2D eigenvalue weighted by Crippen LogP contribution is -2.20. The highest BCUT2D eigenvalue weighted by atomic mass is 79.9. The lowest BCUT2D eigenvalue weighted by molar-refractivity contribution is -0.140. The largest absolute Gasteiger partial charge is 0.469 e. The fourth-order valence-corrected chi connectivity index (χ4v) is 2.35. The first-order chi connectivity index (χ1) is 9.08. The van der Waals surface area contributed by atoms with Crippen LogP contribution >= 0.6 is 15.9 Å². The second-order valence-corrected chi connectivity index (χ2v) is 5.45. The average Bonchev–Trinajstić information content (AvgIpc) is 2.38. The third-order valence-electron chi connectivity index (χ3n) is 2.92. The highest BCUT2D eigenvalue weighted by molar-refractivity contribution is 9.10. The highest BCUT2D eigenvalue weighted by Crippen LogP contribution is 2.23. The Hall–Kier alpha value is -1.55. The molecule has 0 aliphatic carbocycles. The molecule has 0 saturated heterocycles. The Kier molecular flexibility index (Phi) is 4.43. The molecule has 0 aromatic heterocycles. The molecule has 0 radical (unpaired) electrons. The summed E-state index contributed by atoms with van der Waals surface area (Å²) >= 11 is 3.46. The molecule has 3 nitrogen and oxygen atoms in total. The van der Waals surface area contributed by atoms with Gasteiger partial charge in [0, 0.05) is 16.2 Å². The molecule has 4 heteroatoms. The fourth-order valence-electron chi connectivity index (χ4n) is 1.98. The number of carbonyl (C=O) groups excluding carboxylic acids is 1. The van der Waals surface area contributed by atoms with E-state index in [4.69, 9.17) is 0 Å². The van der Waals surface area contributed by atoms with Crippen LogP contribution in [0, 0.1) is 0 Å². The van der Waals surface area contributed by atoms with Gasteiger partial charge in [0.2, 0.25) is 0 Å². The number of ether oxygens (including phenoxy) is 1. The van der Waals surface area contributed by atoms with E-state index >= 15 is 0 Å². The number of fused-ring (bicyclic) bond motifs is 1. The first-order valence-electron chi connectivity index (χ1n) is 6.11. The standard InChI is InChI=1S/C15H16BrNO2/c1-10(7-15(18)19-2)17-14-6-4-11-8-13(16)5-3-12(11)9-14/h3-6,8-10,17H,7H2,1-2H3. The van der Waals surface area contributed by atoms with Crippen molar-refractivity contribution in [2.75, 3.05) is 12.4 Å². The minimum Gasteiger partial charge on any atom is -0.469 e. The smallest absolute Gasteiger partial charge is 0.307 e. The Balaban J connectivity index is 2.13. The van der Waals surface area contributed by atoms with Gasteiger partial charge in [0.05, 0.1) is 13.5 Å². The molecule has 100 valence electrons. The summed E-state index contributed by atoms with van der Waals surface area (Å²) in [6, 6.07) is 12.4. The summed E-state index contributed by atoms with van der Waals surface area (Å²) in [5.41, 5.74) is 1.01. The van der Waals surface area contributed by atoms with Gasteiger partial charge in [0.1, 0.15) is 0 Å². The van der Waals surface area contributed by atoms with Crippen LogP contribution in [0.25, 0.3) is 10.8 Å². The van der Waals surface area contributed by atoms with Crippen LogP contribution in [0.2, 0.25) is 0 Å². The first-order valence-corrected chi connectivity index (χ1v) is 6.90. The molecule has 19 heavy (non-hydrogen) atoms. The Morgan fingerprint density at radius 1 is 1.26 bits per heavy atom. The molecule has 0 spiro atoms. The van der Waals surface area contributed by atoms with Crippen LogP contribution in [0.5, 0.6) is 0 Å². The number of rotatable bonds is 4.